The SMILES string of the molecule is CCCC1(OC)C=CC=CC1CCl. The number of allylic oxidation sites excluding steroid dienone is 2. The summed E-state index contributed by atoms with van der Waals surface area (Å²) in [6.07, 6.45) is 10.5. The summed E-state index contributed by atoms with van der Waals surface area (Å²) in [7, 11) is 1.76. The normalized spacial score (nSPS) is 32.4. The Balaban J connectivity index is 2.81. The van der Waals surface area contributed by atoms with Gasteiger partial charge in [-0.3, -0.25) is 0 Å². The molecule has 2 heteroatoms. The third-order valence-electron chi connectivity index (χ3n) is 2.65. The maximum Gasteiger partial charge on any atom is 0.0935 e. The molecule has 13 heavy (non-hydrogen) atoms. The van der Waals surface area contributed by atoms with Crippen molar-refractivity contribution in [1.29, 1.82) is 0 Å². The lowest BCUT2D eigenvalue weighted by Crippen LogP contribution is -2.39. The van der Waals surface area contributed by atoms with E-state index in [1.807, 2.05) is 12.2 Å². The van der Waals surface area contributed by atoms with Gasteiger partial charge in [0, 0.05) is 18.9 Å². The summed E-state index contributed by atoms with van der Waals surface area (Å²) in [4.78, 5) is 0. The number of methoxy groups -OCH3 is 1. The van der Waals surface area contributed by atoms with Crippen LogP contribution in [0.5, 0.6) is 0 Å². The average molecular weight is 201 g/mol. The lowest BCUT2D eigenvalue weighted by molar-refractivity contribution is -0.00451. The molecule has 0 N–H and O–H groups in total. The number of alkyl halides is 1. The molecule has 0 amide bonds. The van der Waals surface area contributed by atoms with Crippen LogP contribution in [0.15, 0.2) is 24.3 Å². The first kappa shape index (κ1) is 10.8. The predicted octanol–water partition coefficient (Wildman–Crippen LogP) is 3.15. The Kier molecular flexibility index (Phi) is 4.01. The fraction of sp³-hybridized carbons (Fsp3) is 0.636. The van der Waals surface area contributed by atoms with E-state index in [0.717, 1.165) is 12.8 Å². The van der Waals surface area contributed by atoms with Crippen molar-refractivity contribution >= 4 is 11.6 Å². The molecule has 0 saturated heterocycles. The topological polar surface area (TPSA) is 9.23 Å². The lowest BCUT2D eigenvalue weighted by atomic mass is 9.81. The fourth-order valence-corrected chi connectivity index (χ4v) is 2.23. The van der Waals surface area contributed by atoms with Crippen molar-refractivity contribution < 1.29 is 4.74 Å². The zero-order chi connectivity index (χ0) is 9.73. The third-order valence-corrected chi connectivity index (χ3v) is 2.98. The first-order valence-corrected chi connectivity index (χ1v) is 5.29. The smallest absolute Gasteiger partial charge is 0.0935 e. The number of ether oxygens (including phenoxy) is 1. The van der Waals surface area contributed by atoms with Gasteiger partial charge in [-0.15, -0.1) is 11.6 Å². The van der Waals surface area contributed by atoms with Crippen LogP contribution < -0.4 is 0 Å². The monoisotopic (exact) mass is 200 g/mol. The predicted molar refractivity (Wildman–Crippen MR) is 57.1 cm³/mol. The van der Waals surface area contributed by atoms with Crippen molar-refractivity contribution in [2.45, 2.75) is 25.4 Å². The highest BCUT2D eigenvalue weighted by molar-refractivity contribution is 6.18. The fourth-order valence-electron chi connectivity index (χ4n) is 1.87. The molecule has 74 valence electrons. The van der Waals surface area contributed by atoms with Gasteiger partial charge in [0.25, 0.3) is 0 Å². The van der Waals surface area contributed by atoms with Crippen molar-refractivity contribution in [2.24, 2.45) is 5.92 Å². The van der Waals surface area contributed by atoms with Crippen molar-refractivity contribution in [1.82, 2.24) is 0 Å². The molecule has 2 atom stereocenters. The molecule has 0 spiro atoms. The maximum atomic E-state index is 5.91. The Morgan fingerprint density at radius 3 is 2.77 bits per heavy atom. The standard InChI is InChI=1S/C11H17ClO/c1-3-7-11(13-2)8-5-4-6-10(11)9-12/h4-6,8,10H,3,7,9H2,1-2H3. The summed E-state index contributed by atoms with van der Waals surface area (Å²) in [5.41, 5.74) is -0.161. The van der Waals surface area contributed by atoms with Crippen molar-refractivity contribution in [3.8, 4) is 0 Å². The highest BCUT2D eigenvalue weighted by Crippen LogP contribution is 2.33. The molecule has 1 rings (SSSR count). The molecule has 0 heterocycles. The van der Waals surface area contributed by atoms with E-state index in [9.17, 15) is 0 Å². The van der Waals surface area contributed by atoms with E-state index in [1.54, 1.807) is 7.11 Å². The molecule has 2 unspecified atom stereocenters. The Morgan fingerprint density at radius 1 is 1.46 bits per heavy atom. The minimum atomic E-state index is -0.161. The van der Waals surface area contributed by atoms with Gasteiger partial charge >= 0.3 is 0 Å². The van der Waals surface area contributed by atoms with Gasteiger partial charge in [0.05, 0.1) is 5.60 Å². The van der Waals surface area contributed by atoms with E-state index in [4.69, 9.17) is 16.3 Å². The Morgan fingerprint density at radius 2 is 2.23 bits per heavy atom. The summed E-state index contributed by atoms with van der Waals surface area (Å²) in [6, 6.07) is 0. The van der Waals surface area contributed by atoms with E-state index in [0.29, 0.717) is 11.8 Å². The van der Waals surface area contributed by atoms with E-state index < -0.39 is 0 Å². The van der Waals surface area contributed by atoms with Crippen LogP contribution in [0.2, 0.25) is 0 Å². The summed E-state index contributed by atoms with van der Waals surface area (Å²) in [6.45, 7) is 2.16. The second kappa shape index (κ2) is 4.83. The molecule has 1 aliphatic rings. The Labute approximate surface area is 85.4 Å². The van der Waals surface area contributed by atoms with E-state index in [-0.39, 0.29) is 5.60 Å². The van der Waals surface area contributed by atoms with Crippen LogP contribution in [0, 0.1) is 5.92 Å². The van der Waals surface area contributed by atoms with Gasteiger partial charge in [-0.1, -0.05) is 37.6 Å². The quantitative estimate of drug-likeness (QED) is 0.634. The molecule has 0 fully saturated rings. The van der Waals surface area contributed by atoms with Gasteiger partial charge in [-0.2, -0.15) is 0 Å². The van der Waals surface area contributed by atoms with Crippen LogP contribution in [0.25, 0.3) is 0 Å². The maximum absolute atomic E-state index is 5.91. The molecule has 0 radical (unpaired) electrons. The third kappa shape index (κ3) is 2.15. The van der Waals surface area contributed by atoms with E-state index >= 15 is 0 Å². The van der Waals surface area contributed by atoms with Crippen LogP contribution in [0.4, 0.5) is 0 Å². The first-order valence-electron chi connectivity index (χ1n) is 4.76. The molecule has 0 aromatic rings. The summed E-state index contributed by atoms with van der Waals surface area (Å²) in [5, 5.41) is 0. The number of halogens is 1. The molecular formula is C11H17ClO. The largest absolute Gasteiger partial charge is 0.373 e. The number of hydrogen-bond acceptors (Lipinski definition) is 1. The molecular weight excluding hydrogens is 184 g/mol. The molecule has 1 aliphatic carbocycles. The zero-order valence-electron chi connectivity index (χ0n) is 8.29. The van der Waals surface area contributed by atoms with Gasteiger partial charge < -0.3 is 4.74 Å². The highest BCUT2D eigenvalue weighted by atomic mass is 35.5. The van der Waals surface area contributed by atoms with Crippen LogP contribution in [-0.2, 0) is 4.74 Å². The minimum absolute atomic E-state index is 0.161. The average Bonchev–Trinajstić information content (AvgIpc) is 2.19. The van der Waals surface area contributed by atoms with Gasteiger partial charge in [0.2, 0.25) is 0 Å². The summed E-state index contributed by atoms with van der Waals surface area (Å²) in [5.74, 6) is 0.929. The van der Waals surface area contributed by atoms with Crippen LogP contribution in [0.1, 0.15) is 19.8 Å². The Bertz CT molecular complexity index is 210. The molecule has 0 saturated carbocycles. The molecule has 0 aromatic heterocycles. The number of rotatable bonds is 4. The summed E-state index contributed by atoms with van der Waals surface area (Å²) < 4.78 is 5.60. The van der Waals surface area contributed by atoms with Crippen LogP contribution in [0.3, 0.4) is 0 Å². The summed E-state index contributed by atoms with van der Waals surface area (Å²) >= 11 is 5.91. The van der Waals surface area contributed by atoms with Gasteiger partial charge in [0.1, 0.15) is 0 Å². The number of hydrogen-bond donors (Lipinski definition) is 0. The lowest BCUT2D eigenvalue weighted by Gasteiger charge is -2.36. The van der Waals surface area contributed by atoms with Gasteiger partial charge in [-0.25, -0.2) is 0 Å². The molecule has 0 aliphatic heterocycles. The second-order valence-electron chi connectivity index (χ2n) is 3.41. The Hall–Kier alpha value is -0.270. The highest BCUT2D eigenvalue weighted by Gasteiger charge is 2.34. The van der Waals surface area contributed by atoms with Crippen LogP contribution >= 0.6 is 11.6 Å². The van der Waals surface area contributed by atoms with Crippen molar-refractivity contribution in [3.63, 3.8) is 0 Å². The molecule has 0 bridgehead atoms. The van der Waals surface area contributed by atoms with Crippen molar-refractivity contribution in [3.05, 3.63) is 24.3 Å². The van der Waals surface area contributed by atoms with Gasteiger partial charge in [0.15, 0.2) is 0 Å². The van der Waals surface area contributed by atoms with Crippen molar-refractivity contribution in [2.75, 3.05) is 13.0 Å². The van der Waals surface area contributed by atoms with E-state index in [1.165, 1.54) is 0 Å². The second-order valence-corrected chi connectivity index (χ2v) is 3.72. The molecule has 0 aromatic carbocycles. The molecule has 1 nitrogen and oxygen atoms in total. The minimum Gasteiger partial charge on any atom is -0.373 e. The zero-order valence-corrected chi connectivity index (χ0v) is 9.05. The first-order chi connectivity index (χ1) is 6.29. The van der Waals surface area contributed by atoms with Gasteiger partial charge in [-0.05, 0) is 6.42 Å². The van der Waals surface area contributed by atoms with Crippen LogP contribution in [-0.4, -0.2) is 18.6 Å². The van der Waals surface area contributed by atoms with E-state index in [2.05, 4.69) is 19.1 Å².